The molecule has 0 aliphatic carbocycles. The van der Waals surface area contributed by atoms with Gasteiger partial charge in [0.05, 0.1) is 11.4 Å². The molecule has 0 radical (unpaired) electrons. The average Bonchev–Trinajstić information content (AvgIpc) is 2.24. The lowest BCUT2D eigenvalue weighted by Gasteiger charge is -2.15. The summed E-state index contributed by atoms with van der Waals surface area (Å²) in [6.45, 7) is 8.40. The summed E-state index contributed by atoms with van der Waals surface area (Å²) in [5.74, 6) is 0.934. The van der Waals surface area contributed by atoms with Gasteiger partial charge in [-0.25, -0.2) is 4.98 Å². The van der Waals surface area contributed by atoms with Crippen molar-refractivity contribution in [3.8, 4) is 0 Å². The minimum Gasteiger partial charge on any atom is -0.366 e. The van der Waals surface area contributed by atoms with Crippen molar-refractivity contribution in [1.29, 1.82) is 0 Å². The van der Waals surface area contributed by atoms with Crippen LogP contribution in [0.4, 0.5) is 5.82 Å². The van der Waals surface area contributed by atoms with Crippen LogP contribution in [-0.4, -0.2) is 16.0 Å². The highest BCUT2D eigenvalue weighted by Crippen LogP contribution is 2.12. The van der Waals surface area contributed by atoms with Crippen molar-refractivity contribution in [3.63, 3.8) is 0 Å². The molecule has 1 heterocycles. The summed E-state index contributed by atoms with van der Waals surface area (Å²) in [5.41, 5.74) is 1.95. The molecule has 0 bridgehead atoms. The largest absolute Gasteiger partial charge is 0.366 e. The summed E-state index contributed by atoms with van der Waals surface area (Å²) in [6, 6.07) is 0.473. The predicted molar refractivity (Wildman–Crippen MR) is 68.7 cm³/mol. The fraction of sp³-hybridized carbons (Fsp3) is 0.692. The Bertz CT molecular complexity index is 323. The van der Waals surface area contributed by atoms with E-state index in [1.165, 1.54) is 25.7 Å². The minimum atomic E-state index is 0.473. The van der Waals surface area contributed by atoms with Gasteiger partial charge >= 0.3 is 0 Å². The fourth-order valence-corrected chi connectivity index (χ4v) is 1.68. The molecule has 0 fully saturated rings. The maximum absolute atomic E-state index is 4.47. The Hall–Kier alpha value is -1.12. The Morgan fingerprint density at radius 2 is 2.06 bits per heavy atom. The molecule has 1 aromatic heterocycles. The van der Waals surface area contributed by atoms with Crippen LogP contribution in [-0.2, 0) is 0 Å². The molecule has 0 saturated heterocycles. The zero-order valence-electron chi connectivity index (χ0n) is 10.9. The first kappa shape index (κ1) is 12.9. The highest BCUT2D eigenvalue weighted by atomic mass is 15.0. The molecule has 0 saturated carbocycles. The van der Waals surface area contributed by atoms with E-state index in [1.807, 2.05) is 20.0 Å². The molecule has 0 aromatic carbocycles. The van der Waals surface area contributed by atoms with Crippen LogP contribution in [0.1, 0.15) is 50.9 Å². The van der Waals surface area contributed by atoms with Crippen LogP contribution in [0.5, 0.6) is 0 Å². The average molecular weight is 221 g/mol. The van der Waals surface area contributed by atoms with E-state index >= 15 is 0 Å². The van der Waals surface area contributed by atoms with E-state index in [1.54, 1.807) is 0 Å². The Morgan fingerprint density at radius 3 is 2.75 bits per heavy atom. The number of rotatable bonds is 6. The van der Waals surface area contributed by atoms with Crippen molar-refractivity contribution >= 4 is 5.82 Å². The van der Waals surface area contributed by atoms with Crippen LogP contribution in [0.2, 0.25) is 0 Å². The van der Waals surface area contributed by atoms with E-state index in [0.717, 1.165) is 17.2 Å². The predicted octanol–water partition coefficient (Wildman–Crippen LogP) is 3.47. The van der Waals surface area contributed by atoms with E-state index in [9.17, 15) is 0 Å². The maximum Gasteiger partial charge on any atom is 0.147 e. The molecule has 1 N–H and O–H groups in total. The third-order valence-electron chi connectivity index (χ3n) is 2.70. The second-order valence-corrected chi connectivity index (χ2v) is 4.49. The zero-order valence-corrected chi connectivity index (χ0v) is 10.9. The lowest BCUT2D eigenvalue weighted by Crippen LogP contribution is -2.17. The number of aryl methyl sites for hydroxylation is 2. The summed E-state index contributed by atoms with van der Waals surface area (Å²) < 4.78 is 0. The van der Waals surface area contributed by atoms with Crippen LogP contribution in [0.15, 0.2) is 6.20 Å². The van der Waals surface area contributed by atoms with Crippen molar-refractivity contribution in [1.82, 2.24) is 9.97 Å². The Balaban J connectivity index is 2.48. The molecule has 16 heavy (non-hydrogen) atoms. The summed E-state index contributed by atoms with van der Waals surface area (Å²) in [5, 5.41) is 3.44. The summed E-state index contributed by atoms with van der Waals surface area (Å²) >= 11 is 0. The van der Waals surface area contributed by atoms with Crippen LogP contribution in [0.25, 0.3) is 0 Å². The van der Waals surface area contributed by atoms with Crippen molar-refractivity contribution in [2.75, 3.05) is 5.32 Å². The van der Waals surface area contributed by atoms with Crippen molar-refractivity contribution < 1.29 is 0 Å². The van der Waals surface area contributed by atoms with Crippen LogP contribution >= 0.6 is 0 Å². The van der Waals surface area contributed by atoms with Gasteiger partial charge in [-0.2, -0.15) is 0 Å². The van der Waals surface area contributed by atoms with E-state index < -0.39 is 0 Å². The number of unbranched alkanes of at least 4 members (excludes halogenated alkanes) is 2. The van der Waals surface area contributed by atoms with E-state index in [-0.39, 0.29) is 0 Å². The molecule has 1 rings (SSSR count). The van der Waals surface area contributed by atoms with Gasteiger partial charge in [0.15, 0.2) is 0 Å². The Morgan fingerprint density at radius 1 is 1.31 bits per heavy atom. The lowest BCUT2D eigenvalue weighted by atomic mass is 10.1. The Kier molecular flexibility index (Phi) is 5.23. The SMILES string of the molecule is CCCCCC(C)Nc1nc(C)cnc1C. The molecule has 90 valence electrons. The third-order valence-corrected chi connectivity index (χ3v) is 2.70. The van der Waals surface area contributed by atoms with Gasteiger partial charge in [-0.1, -0.05) is 26.2 Å². The number of anilines is 1. The second-order valence-electron chi connectivity index (χ2n) is 4.49. The second kappa shape index (κ2) is 6.46. The number of hydrogen-bond donors (Lipinski definition) is 1. The topological polar surface area (TPSA) is 37.8 Å². The highest BCUT2D eigenvalue weighted by Gasteiger charge is 2.06. The first-order valence-corrected chi connectivity index (χ1v) is 6.20. The van der Waals surface area contributed by atoms with Crippen molar-refractivity contribution in [2.24, 2.45) is 0 Å². The van der Waals surface area contributed by atoms with Crippen molar-refractivity contribution in [3.05, 3.63) is 17.6 Å². The molecule has 1 aromatic rings. The molecular weight excluding hydrogens is 198 g/mol. The van der Waals surface area contributed by atoms with Gasteiger partial charge in [0.1, 0.15) is 5.82 Å². The molecule has 3 nitrogen and oxygen atoms in total. The fourth-order valence-electron chi connectivity index (χ4n) is 1.68. The van der Waals surface area contributed by atoms with Gasteiger partial charge < -0.3 is 5.32 Å². The molecule has 0 spiro atoms. The van der Waals surface area contributed by atoms with Crippen LogP contribution < -0.4 is 5.32 Å². The van der Waals surface area contributed by atoms with Crippen LogP contribution in [0.3, 0.4) is 0 Å². The molecule has 3 heteroatoms. The lowest BCUT2D eigenvalue weighted by molar-refractivity contribution is 0.613. The third kappa shape index (κ3) is 4.17. The van der Waals surface area contributed by atoms with Gasteiger partial charge in [-0.05, 0) is 27.2 Å². The quantitative estimate of drug-likeness (QED) is 0.747. The standard InChI is InChI=1S/C13H23N3/c1-5-6-7-8-10(2)15-13-12(4)14-9-11(3)16-13/h9-10H,5-8H2,1-4H3,(H,15,16). The number of nitrogens with zero attached hydrogens (tertiary/aromatic N) is 2. The summed E-state index contributed by atoms with van der Waals surface area (Å²) in [7, 11) is 0. The van der Waals surface area contributed by atoms with Gasteiger partial charge in [0.25, 0.3) is 0 Å². The minimum absolute atomic E-state index is 0.473. The molecular formula is C13H23N3. The van der Waals surface area contributed by atoms with Gasteiger partial charge in [-0.15, -0.1) is 0 Å². The first-order valence-electron chi connectivity index (χ1n) is 6.20. The Labute approximate surface area is 98.7 Å². The molecule has 0 aliphatic rings. The molecule has 0 aliphatic heterocycles. The van der Waals surface area contributed by atoms with Gasteiger partial charge in [0.2, 0.25) is 0 Å². The van der Waals surface area contributed by atoms with E-state index in [2.05, 4.69) is 29.1 Å². The summed E-state index contributed by atoms with van der Waals surface area (Å²) in [6.07, 6.45) is 6.87. The highest BCUT2D eigenvalue weighted by molar-refractivity contribution is 5.40. The van der Waals surface area contributed by atoms with E-state index in [0.29, 0.717) is 6.04 Å². The monoisotopic (exact) mass is 221 g/mol. The van der Waals surface area contributed by atoms with E-state index in [4.69, 9.17) is 0 Å². The maximum atomic E-state index is 4.47. The number of hydrogen-bond acceptors (Lipinski definition) is 3. The normalized spacial score (nSPS) is 12.5. The zero-order chi connectivity index (χ0) is 12.0. The molecule has 1 atom stereocenters. The number of aromatic nitrogens is 2. The van der Waals surface area contributed by atoms with Crippen molar-refractivity contribution in [2.45, 2.75) is 59.4 Å². The van der Waals surface area contributed by atoms with Crippen LogP contribution in [0, 0.1) is 13.8 Å². The van der Waals surface area contributed by atoms with Gasteiger partial charge in [0, 0.05) is 12.2 Å². The molecule has 1 unspecified atom stereocenters. The summed E-state index contributed by atoms with van der Waals surface area (Å²) in [4.78, 5) is 8.77. The molecule has 0 amide bonds. The smallest absolute Gasteiger partial charge is 0.147 e. The van der Waals surface area contributed by atoms with Gasteiger partial charge in [-0.3, -0.25) is 4.98 Å². The first-order chi connectivity index (χ1) is 7.63. The number of nitrogens with one attached hydrogen (secondary N) is 1.